The molecule has 13 heavy (non-hydrogen) atoms. The molecule has 68 valence electrons. The molecule has 0 atom stereocenters. The lowest BCUT2D eigenvalue weighted by atomic mass is 9.67. The van der Waals surface area contributed by atoms with Crippen molar-refractivity contribution in [1.82, 2.24) is 0 Å². The second-order valence-electron chi connectivity index (χ2n) is 4.13. The van der Waals surface area contributed by atoms with E-state index in [0.29, 0.717) is 5.92 Å². The minimum Gasteiger partial charge on any atom is -0.0864 e. The first-order chi connectivity index (χ1) is 6.06. The molecular weight excluding hydrogens is 154 g/mol. The molecule has 1 aromatic carbocycles. The van der Waals surface area contributed by atoms with Gasteiger partial charge in [-0.25, -0.2) is 0 Å². The van der Waals surface area contributed by atoms with Gasteiger partial charge >= 0.3 is 0 Å². The first-order valence-corrected chi connectivity index (χ1v) is 5.16. The van der Waals surface area contributed by atoms with Gasteiger partial charge < -0.3 is 0 Å². The van der Waals surface area contributed by atoms with E-state index in [4.69, 9.17) is 0 Å². The molecule has 0 radical (unpaired) electrons. The van der Waals surface area contributed by atoms with Crippen LogP contribution in [-0.4, -0.2) is 15.1 Å². The van der Waals surface area contributed by atoms with Gasteiger partial charge in [-0.3, -0.25) is 0 Å². The molecule has 0 saturated heterocycles. The Labute approximate surface area is 83.4 Å². The highest BCUT2D eigenvalue weighted by molar-refractivity contribution is 6.53. The van der Waals surface area contributed by atoms with Crippen LogP contribution in [0.4, 0.5) is 0 Å². The summed E-state index contributed by atoms with van der Waals surface area (Å²) in [6.45, 7) is 8.96. The summed E-state index contributed by atoms with van der Waals surface area (Å²) in [4.78, 5) is 0. The van der Waals surface area contributed by atoms with E-state index in [1.807, 2.05) is 0 Å². The van der Waals surface area contributed by atoms with Crippen LogP contribution in [0.25, 0.3) is 0 Å². The first kappa shape index (κ1) is 10.4. The van der Waals surface area contributed by atoms with Gasteiger partial charge in [-0.2, -0.15) is 0 Å². The van der Waals surface area contributed by atoms with E-state index in [1.165, 1.54) is 22.1 Å². The Balaban J connectivity index is 3.22. The molecule has 1 rings (SSSR count). The van der Waals surface area contributed by atoms with Gasteiger partial charge in [0.1, 0.15) is 7.85 Å². The summed E-state index contributed by atoms with van der Waals surface area (Å²) in [6, 6.07) is 4.67. The van der Waals surface area contributed by atoms with Gasteiger partial charge in [0.2, 0.25) is 0 Å². The lowest BCUT2D eigenvalue weighted by Gasteiger charge is -2.13. The topological polar surface area (TPSA) is 0 Å². The van der Waals surface area contributed by atoms with E-state index in [1.54, 1.807) is 0 Å². The molecule has 0 fully saturated rings. The minimum atomic E-state index is 0.643. The number of hydrogen-bond acceptors (Lipinski definition) is 0. The third kappa shape index (κ3) is 2.18. The van der Waals surface area contributed by atoms with Gasteiger partial charge in [0.05, 0.1) is 0 Å². The smallest absolute Gasteiger partial charge is 0.0864 e. The lowest BCUT2D eigenvalue weighted by molar-refractivity contribution is 0.868. The predicted molar refractivity (Wildman–Crippen MR) is 66.1 cm³/mol. The van der Waals surface area contributed by atoms with Crippen molar-refractivity contribution in [2.24, 2.45) is 0 Å². The van der Waals surface area contributed by atoms with Gasteiger partial charge in [0.15, 0.2) is 7.28 Å². The highest BCUT2D eigenvalue weighted by Crippen LogP contribution is 2.11. The van der Waals surface area contributed by atoms with Gasteiger partial charge in [-0.05, 0) is 18.4 Å². The summed E-state index contributed by atoms with van der Waals surface area (Å²) >= 11 is 0. The molecule has 0 N–H and O–H groups in total. The molecule has 0 nitrogen and oxygen atoms in total. The Hall–Kier alpha value is -0.650. The van der Waals surface area contributed by atoms with Crippen LogP contribution in [0.5, 0.6) is 0 Å². The fourth-order valence-corrected chi connectivity index (χ4v) is 1.66. The third-order valence-electron chi connectivity index (χ3n) is 2.84. The van der Waals surface area contributed by atoms with Crippen LogP contribution < -0.4 is 10.9 Å². The van der Waals surface area contributed by atoms with Gasteiger partial charge in [-0.15, -0.1) is 0 Å². The Morgan fingerprint density at radius 3 is 2.38 bits per heavy atom. The number of rotatable bonds is 2. The zero-order valence-electron chi connectivity index (χ0n) is 9.44. The second-order valence-corrected chi connectivity index (χ2v) is 4.13. The van der Waals surface area contributed by atoms with Crippen LogP contribution in [0, 0.1) is 6.92 Å². The van der Waals surface area contributed by atoms with Crippen LogP contribution in [0.1, 0.15) is 30.9 Å². The van der Waals surface area contributed by atoms with Crippen molar-refractivity contribution in [3.63, 3.8) is 0 Å². The molecule has 2 heteroatoms. The average Bonchev–Trinajstić information content (AvgIpc) is 2.09. The molecule has 0 aliphatic rings. The monoisotopic (exact) mass is 172 g/mol. The second kappa shape index (κ2) is 4.04. The summed E-state index contributed by atoms with van der Waals surface area (Å²) in [5.41, 5.74) is 5.87. The molecule has 0 aromatic heterocycles. The normalized spacial score (nSPS) is 10.5. The lowest BCUT2D eigenvalue weighted by Crippen LogP contribution is -2.25. The fourth-order valence-electron chi connectivity index (χ4n) is 1.66. The van der Waals surface area contributed by atoms with Gasteiger partial charge in [0, 0.05) is 0 Å². The summed E-state index contributed by atoms with van der Waals surface area (Å²) in [5.74, 6) is 0.643. The maximum absolute atomic E-state index is 2.35. The molecule has 0 bridgehead atoms. The Bertz CT molecular complexity index is 303. The van der Waals surface area contributed by atoms with E-state index in [-0.39, 0.29) is 0 Å². The molecule has 0 aliphatic heterocycles. The highest BCUT2D eigenvalue weighted by atomic mass is 14.1. The van der Waals surface area contributed by atoms with E-state index >= 15 is 0 Å². The zero-order valence-corrected chi connectivity index (χ0v) is 9.44. The summed E-state index contributed by atoms with van der Waals surface area (Å²) in [6.07, 6.45) is 0. The van der Waals surface area contributed by atoms with Crippen molar-refractivity contribution < 1.29 is 0 Å². The van der Waals surface area contributed by atoms with E-state index in [9.17, 15) is 0 Å². The van der Waals surface area contributed by atoms with E-state index in [0.717, 1.165) is 7.28 Å². The molecule has 0 spiro atoms. The number of hydrogen-bond donors (Lipinski definition) is 0. The SMILES string of the molecule is Bc1cc(C(C)C)cc(BC)c1C. The van der Waals surface area contributed by atoms with Crippen LogP contribution in [-0.2, 0) is 0 Å². The van der Waals surface area contributed by atoms with Crippen LogP contribution >= 0.6 is 0 Å². The summed E-state index contributed by atoms with van der Waals surface area (Å²) in [5, 5.41) is 0. The van der Waals surface area contributed by atoms with E-state index in [2.05, 4.69) is 47.6 Å². The quantitative estimate of drug-likeness (QED) is 0.569. The molecule has 0 saturated carbocycles. The Kier molecular flexibility index (Phi) is 3.24. The van der Waals surface area contributed by atoms with Crippen molar-refractivity contribution in [1.29, 1.82) is 0 Å². The van der Waals surface area contributed by atoms with Crippen LogP contribution in [0.3, 0.4) is 0 Å². The maximum Gasteiger partial charge on any atom is 0.154 e. The summed E-state index contributed by atoms with van der Waals surface area (Å²) < 4.78 is 0. The van der Waals surface area contributed by atoms with Crippen molar-refractivity contribution in [2.45, 2.75) is 33.5 Å². The minimum absolute atomic E-state index is 0.643. The highest BCUT2D eigenvalue weighted by Gasteiger charge is 2.05. The Morgan fingerprint density at radius 2 is 1.92 bits per heavy atom. The van der Waals surface area contributed by atoms with Crippen LogP contribution in [0.15, 0.2) is 12.1 Å². The molecule has 1 aromatic rings. The van der Waals surface area contributed by atoms with Crippen molar-refractivity contribution in [3.8, 4) is 0 Å². The fraction of sp³-hybridized carbons (Fsp3) is 0.455. The standard InChI is InChI=1S/C11H18B2/c1-7(2)9-5-10(12)8(3)11(6-9)13-4/h5-7,13H,12H2,1-4H3. The molecule has 0 aliphatic carbocycles. The molecule has 0 amide bonds. The third-order valence-corrected chi connectivity index (χ3v) is 2.84. The van der Waals surface area contributed by atoms with Crippen molar-refractivity contribution >= 4 is 26.1 Å². The molecular formula is C11H18B2. The molecule has 0 unspecified atom stereocenters. The predicted octanol–water partition coefficient (Wildman–Crippen LogP) is 0.487. The number of benzene rings is 1. The van der Waals surface area contributed by atoms with Crippen molar-refractivity contribution in [3.05, 3.63) is 23.3 Å². The van der Waals surface area contributed by atoms with Gasteiger partial charge in [-0.1, -0.05) is 49.3 Å². The zero-order chi connectivity index (χ0) is 10.0. The largest absolute Gasteiger partial charge is 0.154 e. The molecule has 0 heterocycles. The summed E-state index contributed by atoms with van der Waals surface area (Å²) in [7, 11) is 3.35. The van der Waals surface area contributed by atoms with E-state index < -0.39 is 0 Å². The van der Waals surface area contributed by atoms with Gasteiger partial charge in [0.25, 0.3) is 0 Å². The van der Waals surface area contributed by atoms with Crippen LogP contribution in [0.2, 0.25) is 6.82 Å². The maximum atomic E-state index is 2.35. The first-order valence-electron chi connectivity index (χ1n) is 5.16. The van der Waals surface area contributed by atoms with Crippen molar-refractivity contribution in [2.75, 3.05) is 0 Å². The average molecular weight is 172 g/mol. The Morgan fingerprint density at radius 1 is 1.31 bits per heavy atom.